The first-order valence-corrected chi connectivity index (χ1v) is 8.30. The van der Waals surface area contributed by atoms with E-state index in [-0.39, 0.29) is 0 Å². The summed E-state index contributed by atoms with van der Waals surface area (Å²) < 4.78 is 5.70. The van der Waals surface area contributed by atoms with E-state index in [1.165, 1.54) is 11.1 Å². The monoisotopic (exact) mass is 295 g/mol. The number of likely N-dealkylation sites (tertiary alicyclic amines) is 1. The molecule has 0 N–H and O–H groups in total. The van der Waals surface area contributed by atoms with Crippen LogP contribution in [-0.4, -0.2) is 31.2 Å². The van der Waals surface area contributed by atoms with Gasteiger partial charge in [-0.2, -0.15) is 0 Å². The highest BCUT2D eigenvalue weighted by Crippen LogP contribution is 2.34. The largest absolute Gasteiger partial charge is 0.381 e. The fourth-order valence-electron chi connectivity index (χ4n) is 3.21. The van der Waals surface area contributed by atoms with Gasteiger partial charge in [-0.3, -0.25) is 4.90 Å². The number of benzene rings is 2. The van der Waals surface area contributed by atoms with Gasteiger partial charge in [0.05, 0.1) is 12.6 Å². The summed E-state index contributed by atoms with van der Waals surface area (Å²) in [6.07, 6.45) is 1.10. The second-order valence-corrected chi connectivity index (χ2v) is 6.12. The van der Waals surface area contributed by atoms with E-state index in [0.717, 1.165) is 32.7 Å². The molecule has 0 bridgehead atoms. The first-order chi connectivity index (χ1) is 10.9. The number of rotatable bonds is 7. The van der Waals surface area contributed by atoms with Crippen molar-refractivity contribution in [3.05, 3.63) is 71.8 Å². The van der Waals surface area contributed by atoms with E-state index in [9.17, 15) is 0 Å². The van der Waals surface area contributed by atoms with Crippen LogP contribution < -0.4 is 0 Å². The third-order valence-corrected chi connectivity index (χ3v) is 4.28. The van der Waals surface area contributed by atoms with Crippen molar-refractivity contribution in [1.29, 1.82) is 0 Å². The van der Waals surface area contributed by atoms with E-state index in [1.54, 1.807) is 0 Å². The van der Waals surface area contributed by atoms with Gasteiger partial charge >= 0.3 is 0 Å². The SMILES string of the molecule is CCCOCC1CN(C(c2ccccc2)c2ccccc2)C1. The predicted octanol–water partition coefficient (Wildman–Crippen LogP) is 4.13. The van der Waals surface area contributed by atoms with Gasteiger partial charge in [-0.1, -0.05) is 67.6 Å². The number of hydrogen-bond donors (Lipinski definition) is 0. The molecule has 0 aliphatic carbocycles. The summed E-state index contributed by atoms with van der Waals surface area (Å²) in [5, 5.41) is 0. The summed E-state index contributed by atoms with van der Waals surface area (Å²) in [6.45, 7) is 6.20. The molecule has 1 heterocycles. The Morgan fingerprint density at radius 1 is 0.955 bits per heavy atom. The topological polar surface area (TPSA) is 12.5 Å². The van der Waals surface area contributed by atoms with Gasteiger partial charge in [-0.25, -0.2) is 0 Å². The fourth-order valence-corrected chi connectivity index (χ4v) is 3.21. The molecule has 0 radical (unpaired) electrons. The molecule has 0 amide bonds. The van der Waals surface area contributed by atoms with Crippen molar-refractivity contribution in [2.24, 2.45) is 5.92 Å². The molecular weight excluding hydrogens is 270 g/mol. The van der Waals surface area contributed by atoms with E-state index in [4.69, 9.17) is 4.74 Å². The van der Waals surface area contributed by atoms with Crippen molar-refractivity contribution in [2.45, 2.75) is 19.4 Å². The molecule has 2 heteroatoms. The van der Waals surface area contributed by atoms with Crippen LogP contribution in [0.4, 0.5) is 0 Å². The minimum absolute atomic E-state index is 0.366. The zero-order chi connectivity index (χ0) is 15.2. The van der Waals surface area contributed by atoms with Crippen LogP contribution in [0.5, 0.6) is 0 Å². The van der Waals surface area contributed by atoms with Gasteiger partial charge in [0.1, 0.15) is 0 Å². The van der Waals surface area contributed by atoms with Gasteiger partial charge in [0.25, 0.3) is 0 Å². The molecular formula is C20H25NO. The van der Waals surface area contributed by atoms with Crippen molar-refractivity contribution in [1.82, 2.24) is 4.90 Å². The van der Waals surface area contributed by atoms with Gasteiger partial charge in [0.2, 0.25) is 0 Å². The Balaban J connectivity index is 1.69. The summed E-state index contributed by atoms with van der Waals surface area (Å²) in [7, 11) is 0. The number of nitrogens with zero attached hydrogens (tertiary/aromatic N) is 1. The molecule has 2 aromatic rings. The van der Waals surface area contributed by atoms with Crippen LogP contribution in [0, 0.1) is 5.92 Å². The minimum Gasteiger partial charge on any atom is -0.381 e. The van der Waals surface area contributed by atoms with Crippen LogP contribution in [0.2, 0.25) is 0 Å². The molecule has 0 atom stereocenters. The Bertz CT molecular complexity index is 509. The van der Waals surface area contributed by atoms with Crippen LogP contribution >= 0.6 is 0 Å². The highest BCUT2D eigenvalue weighted by Gasteiger charge is 2.33. The summed E-state index contributed by atoms with van der Waals surface area (Å²) in [4.78, 5) is 2.56. The quantitative estimate of drug-likeness (QED) is 0.712. The summed E-state index contributed by atoms with van der Waals surface area (Å²) in [6, 6.07) is 22.0. The average molecular weight is 295 g/mol. The van der Waals surface area contributed by atoms with Crippen LogP contribution in [-0.2, 0) is 4.74 Å². The highest BCUT2D eigenvalue weighted by molar-refractivity contribution is 5.32. The highest BCUT2D eigenvalue weighted by atomic mass is 16.5. The van der Waals surface area contributed by atoms with Crippen molar-refractivity contribution in [3.8, 4) is 0 Å². The van der Waals surface area contributed by atoms with E-state index in [2.05, 4.69) is 72.5 Å². The molecule has 0 aromatic heterocycles. The van der Waals surface area contributed by atoms with Crippen molar-refractivity contribution in [3.63, 3.8) is 0 Å². The molecule has 1 aliphatic rings. The zero-order valence-corrected chi connectivity index (χ0v) is 13.3. The Morgan fingerprint density at radius 3 is 2.00 bits per heavy atom. The Hall–Kier alpha value is -1.64. The molecule has 0 unspecified atom stereocenters. The third-order valence-electron chi connectivity index (χ3n) is 4.28. The maximum atomic E-state index is 5.70. The predicted molar refractivity (Wildman–Crippen MR) is 90.9 cm³/mol. The summed E-state index contributed by atoms with van der Waals surface area (Å²) in [5.41, 5.74) is 2.75. The smallest absolute Gasteiger partial charge is 0.0602 e. The molecule has 0 spiro atoms. The van der Waals surface area contributed by atoms with Gasteiger partial charge in [-0.15, -0.1) is 0 Å². The van der Waals surface area contributed by atoms with Gasteiger partial charge < -0.3 is 4.74 Å². The second kappa shape index (κ2) is 7.57. The molecule has 0 saturated carbocycles. The Labute approximate surface area is 133 Å². The molecule has 1 fully saturated rings. The van der Waals surface area contributed by atoms with Gasteiger partial charge in [0.15, 0.2) is 0 Å². The normalized spacial score (nSPS) is 15.9. The first-order valence-electron chi connectivity index (χ1n) is 8.30. The van der Waals surface area contributed by atoms with E-state index < -0.39 is 0 Å². The molecule has 1 aliphatic heterocycles. The lowest BCUT2D eigenvalue weighted by Crippen LogP contribution is -2.50. The average Bonchev–Trinajstić information content (AvgIpc) is 2.54. The summed E-state index contributed by atoms with van der Waals surface area (Å²) >= 11 is 0. The molecule has 2 aromatic carbocycles. The molecule has 1 saturated heterocycles. The molecule has 3 rings (SSSR count). The number of hydrogen-bond acceptors (Lipinski definition) is 2. The van der Waals surface area contributed by atoms with Crippen LogP contribution in [0.25, 0.3) is 0 Å². The second-order valence-electron chi connectivity index (χ2n) is 6.12. The maximum absolute atomic E-state index is 5.70. The van der Waals surface area contributed by atoms with Crippen LogP contribution in [0.15, 0.2) is 60.7 Å². The van der Waals surface area contributed by atoms with E-state index in [1.807, 2.05) is 0 Å². The first kappa shape index (κ1) is 15.3. The Kier molecular flexibility index (Phi) is 5.25. The lowest BCUT2D eigenvalue weighted by molar-refractivity contribution is -0.000313. The van der Waals surface area contributed by atoms with Crippen LogP contribution in [0.1, 0.15) is 30.5 Å². The zero-order valence-electron chi connectivity index (χ0n) is 13.3. The lowest BCUT2D eigenvalue weighted by Gasteiger charge is -2.44. The maximum Gasteiger partial charge on any atom is 0.0602 e. The summed E-state index contributed by atoms with van der Waals surface area (Å²) in [5.74, 6) is 0.682. The minimum atomic E-state index is 0.366. The van der Waals surface area contributed by atoms with Crippen molar-refractivity contribution < 1.29 is 4.74 Å². The molecule has 2 nitrogen and oxygen atoms in total. The van der Waals surface area contributed by atoms with Crippen molar-refractivity contribution >= 4 is 0 Å². The van der Waals surface area contributed by atoms with Gasteiger partial charge in [0, 0.05) is 25.6 Å². The molecule has 116 valence electrons. The fraction of sp³-hybridized carbons (Fsp3) is 0.400. The lowest BCUT2D eigenvalue weighted by atomic mass is 9.90. The Morgan fingerprint density at radius 2 is 1.50 bits per heavy atom. The number of ether oxygens (including phenoxy) is 1. The third kappa shape index (κ3) is 3.57. The van der Waals surface area contributed by atoms with E-state index >= 15 is 0 Å². The van der Waals surface area contributed by atoms with E-state index in [0.29, 0.717) is 12.0 Å². The van der Waals surface area contributed by atoms with Crippen molar-refractivity contribution in [2.75, 3.05) is 26.3 Å². The standard InChI is InChI=1S/C20H25NO/c1-2-13-22-16-17-14-21(15-17)20(18-9-5-3-6-10-18)19-11-7-4-8-12-19/h3-12,17,20H,2,13-16H2,1H3. The van der Waals surface area contributed by atoms with Gasteiger partial charge in [-0.05, 0) is 17.5 Å². The van der Waals surface area contributed by atoms with Crippen LogP contribution in [0.3, 0.4) is 0 Å². The molecule has 22 heavy (non-hydrogen) atoms.